The van der Waals surface area contributed by atoms with Gasteiger partial charge in [-0.3, -0.25) is 9.36 Å². The largest absolute Gasteiger partial charge is 0.487 e. The molecule has 3 N–H and O–H groups in total. The highest BCUT2D eigenvalue weighted by atomic mass is 79.9. The summed E-state index contributed by atoms with van der Waals surface area (Å²) in [5.74, 6) is -0.489. The van der Waals surface area contributed by atoms with Crippen LogP contribution in [0.3, 0.4) is 0 Å². The standard InChI is InChI=1S/C19H17BrF2NO7PS2/c1-23-18(24)11-7-13-15(20)17(19(21,22)31(25,26)27)32-16(13)14(8-11)30-9-10-3-5-12(6-4-10)33(2,28)29/h3-8H,9H2,1-2H3,(H,23,24)(H2,25,26,27). The summed E-state index contributed by atoms with van der Waals surface area (Å²) in [6.07, 6.45) is 1.07. The first kappa shape index (κ1) is 25.7. The third kappa shape index (κ3) is 5.13. The molecule has 0 aliphatic heterocycles. The molecule has 178 valence electrons. The van der Waals surface area contributed by atoms with Crippen LogP contribution in [0, 0.1) is 0 Å². The summed E-state index contributed by atoms with van der Waals surface area (Å²) in [5.41, 5.74) is -3.81. The van der Waals surface area contributed by atoms with Gasteiger partial charge < -0.3 is 19.8 Å². The number of fused-ring (bicyclic) bond motifs is 1. The van der Waals surface area contributed by atoms with Gasteiger partial charge in [-0.05, 0) is 45.8 Å². The van der Waals surface area contributed by atoms with Gasteiger partial charge in [-0.15, -0.1) is 11.3 Å². The van der Waals surface area contributed by atoms with E-state index in [-0.39, 0.29) is 37.4 Å². The van der Waals surface area contributed by atoms with Gasteiger partial charge >= 0.3 is 13.3 Å². The van der Waals surface area contributed by atoms with E-state index < -0.39 is 33.9 Å². The van der Waals surface area contributed by atoms with Crippen molar-refractivity contribution in [3.05, 3.63) is 56.9 Å². The molecule has 0 aliphatic rings. The summed E-state index contributed by atoms with van der Waals surface area (Å²) in [4.78, 5) is 29.7. The predicted octanol–water partition coefficient (Wildman–Crippen LogP) is 4.23. The molecule has 0 bridgehead atoms. The molecule has 3 aromatic rings. The van der Waals surface area contributed by atoms with Crippen molar-refractivity contribution in [1.29, 1.82) is 0 Å². The average Bonchev–Trinajstić information content (AvgIpc) is 3.07. The number of ether oxygens (including phenoxy) is 1. The van der Waals surface area contributed by atoms with E-state index in [2.05, 4.69) is 21.2 Å². The Morgan fingerprint density at radius 1 is 1.24 bits per heavy atom. The first-order valence-corrected chi connectivity index (χ1v) is 14.1. The fraction of sp³-hybridized carbons (Fsp3) is 0.211. The van der Waals surface area contributed by atoms with Crippen molar-refractivity contribution in [2.24, 2.45) is 0 Å². The van der Waals surface area contributed by atoms with E-state index in [1.54, 1.807) is 0 Å². The van der Waals surface area contributed by atoms with E-state index in [0.29, 0.717) is 16.9 Å². The summed E-state index contributed by atoms with van der Waals surface area (Å²) in [6.45, 7) is -0.0872. The van der Waals surface area contributed by atoms with Crippen LogP contribution < -0.4 is 10.1 Å². The Bertz CT molecular complexity index is 1390. The first-order chi connectivity index (χ1) is 15.2. The molecule has 0 radical (unpaired) electrons. The maximum absolute atomic E-state index is 14.5. The Morgan fingerprint density at radius 3 is 2.36 bits per heavy atom. The monoisotopic (exact) mass is 583 g/mol. The summed E-state index contributed by atoms with van der Waals surface area (Å²) in [6, 6.07) is 8.47. The van der Waals surface area contributed by atoms with E-state index in [1.165, 1.54) is 43.4 Å². The van der Waals surface area contributed by atoms with Gasteiger partial charge in [0.05, 0.1) is 9.60 Å². The zero-order valence-electron chi connectivity index (χ0n) is 17.0. The van der Waals surface area contributed by atoms with Crippen molar-refractivity contribution in [2.45, 2.75) is 17.2 Å². The SMILES string of the molecule is CNC(=O)c1cc(OCc2ccc(S(C)(=O)=O)cc2)c2sc(C(F)(F)P(=O)(O)O)c(Br)c2c1. The Balaban J connectivity index is 2.08. The van der Waals surface area contributed by atoms with E-state index in [1.807, 2.05) is 0 Å². The quantitative estimate of drug-likeness (QED) is 0.355. The van der Waals surface area contributed by atoms with Gasteiger partial charge in [-0.2, -0.15) is 8.78 Å². The molecule has 0 atom stereocenters. The number of hydrogen-bond donors (Lipinski definition) is 3. The summed E-state index contributed by atoms with van der Waals surface area (Å²) in [5, 5.41) is 2.53. The number of nitrogens with one attached hydrogen (secondary N) is 1. The lowest BCUT2D eigenvalue weighted by atomic mass is 10.1. The molecule has 8 nitrogen and oxygen atoms in total. The minimum absolute atomic E-state index is 0.0387. The molecule has 0 aliphatic carbocycles. The summed E-state index contributed by atoms with van der Waals surface area (Å²) in [7, 11) is -7.83. The maximum Gasteiger partial charge on any atom is 0.400 e. The van der Waals surface area contributed by atoms with Crippen LogP contribution in [0.15, 0.2) is 45.8 Å². The molecule has 1 heterocycles. The number of amides is 1. The van der Waals surface area contributed by atoms with E-state index in [9.17, 15) is 26.6 Å². The topological polar surface area (TPSA) is 130 Å². The van der Waals surface area contributed by atoms with Crippen LogP contribution in [0.4, 0.5) is 8.78 Å². The van der Waals surface area contributed by atoms with Crippen LogP contribution in [-0.4, -0.2) is 37.4 Å². The van der Waals surface area contributed by atoms with Gasteiger partial charge in [0, 0.05) is 28.7 Å². The number of hydrogen-bond acceptors (Lipinski definition) is 6. The molecule has 33 heavy (non-hydrogen) atoms. The second-order valence-electron chi connectivity index (χ2n) is 6.97. The molecule has 0 saturated carbocycles. The van der Waals surface area contributed by atoms with Gasteiger partial charge in [0.25, 0.3) is 5.91 Å². The second kappa shape index (κ2) is 9.05. The second-order valence-corrected chi connectivity index (χ2v) is 12.4. The normalized spacial score (nSPS) is 12.7. The van der Waals surface area contributed by atoms with Crippen molar-refractivity contribution in [1.82, 2.24) is 5.32 Å². The third-order valence-corrected chi connectivity index (χ3v) is 9.18. The zero-order valence-corrected chi connectivity index (χ0v) is 21.1. The van der Waals surface area contributed by atoms with Gasteiger partial charge in [-0.1, -0.05) is 12.1 Å². The number of sulfone groups is 1. The lowest BCUT2D eigenvalue weighted by Gasteiger charge is -2.16. The molecule has 0 fully saturated rings. The van der Waals surface area contributed by atoms with Crippen LogP contribution in [0.25, 0.3) is 10.1 Å². The number of rotatable bonds is 7. The number of thiophene rings is 1. The zero-order chi connectivity index (χ0) is 24.8. The first-order valence-electron chi connectivity index (χ1n) is 9.00. The van der Waals surface area contributed by atoms with Crippen LogP contribution in [0.2, 0.25) is 0 Å². The Labute approximate surface area is 199 Å². The van der Waals surface area contributed by atoms with Gasteiger partial charge in [0.15, 0.2) is 9.84 Å². The lowest BCUT2D eigenvalue weighted by Crippen LogP contribution is -2.17. The molecule has 1 aromatic heterocycles. The molecule has 1 amide bonds. The maximum atomic E-state index is 14.5. The molecule has 3 rings (SSSR count). The molecule has 2 aromatic carbocycles. The predicted molar refractivity (Wildman–Crippen MR) is 123 cm³/mol. The lowest BCUT2D eigenvalue weighted by molar-refractivity contribution is 0.0595. The van der Waals surface area contributed by atoms with Crippen molar-refractivity contribution >= 4 is 60.7 Å². The van der Waals surface area contributed by atoms with Gasteiger partial charge in [-0.25, -0.2) is 8.42 Å². The Hall–Kier alpha value is -1.89. The average molecular weight is 584 g/mol. The Kier molecular flexibility index (Phi) is 7.05. The van der Waals surface area contributed by atoms with Crippen LogP contribution in [0.5, 0.6) is 5.75 Å². The van der Waals surface area contributed by atoms with Crippen molar-refractivity contribution in [2.75, 3.05) is 13.3 Å². The minimum Gasteiger partial charge on any atom is -0.487 e. The Morgan fingerprint density at radius 2 is 1.85 bits per heavy atom. The van der Waals surface area contributed by atoms with E-state index >= 15 is 0 Å². The van der Waals surface area contributed by atoms with E-state index in [0.717, 1.165) is 6.26 Å². The van der Waals surface area contributed by atoms with Gasteiger partial charge in [0.2, 0.25) is 0 Å². The number of carbonyl (C=O) groups is 1. The molecule has 0 spiro atoms. The fourth-order valence-corrected chi connectivity index (χ4v) is 6.45. The summed E-state index contributed by atoms with van der Waals surface area (Å²) < 4.78 is 69.1. The fourth-order valence-electron chi connectivity index (χ4n) is 2.84. The van der Waals surface area contributed by atoms with Gasteiger partial charge in [0.1, 0.15) is 17.2 Å². The summed E-state index contributed by atoms with van der Waals surface area (Å²) >= 11 is 3.41. The number of alkyl halides is 2. The highest BCUT2D eigenvalue weighted by Crippen LogP contribution is 2.63. The third-order valence-electron chi connectivity index (χ3n) is 4.57. The minimum atomic E-state index is -5.83. The van der Waals surface area contributed by atoms with Crippen LogP contribution in [-0.2, 0) is 26.7 Å². The highest BCUT2D eigenvalue weighted by molar-refractivity contribution is 9.10. The number of halogens is 3. The van der Waals surface area contributed by atoms with Crippen molar-refractivity contribution in [3.8, 4) is 5.75 Å². The van der Waals surface area contributed by atoms with Crippen molar-refractivity contribution < 1.29 is 41.1 Å². The molecule has 0 unspecified atom stereocenters. The van der Waals surface area contributed by atoms with Crippen LogP contribution in [0.1, 0.15) is 20.8 Å². The number of carbonyl (C=O) groups excluding carboxylic acids is 1. The highest BCUT2D eigenvalue weighted by Gasteiger charge is 2.53. The molecular formula is C19H17BrF2NO7PS2. The van der Waals surface area contributed by atoms with Crippen molar-refractivity contribution in [3.63, 3.8) is 0 Å². The van der Waals surface area contributed by atoms with E-state index in [4.69, 9.17) is 14.5 Å². The number of benzene rings is 2. The molecular weight excluding hydrogens is 567 g/mol. The molecule has 14 heteroatoms. The van der Waals surface area contributed by atoms with Crippen LogP contribution >= 0.6 is 34.9 Å². The smallest absolute Gasteiger partial charge is 0.400 e. The molecule has 0 saturated heterocycles.